The van der Waals surface area contributed by atoms with Crippen LogP contribution in [0.1, 0.15) is 12.8 Å². The molecule has 1 unspecified atom stereocenters. The highest BCUT2D eigenvalue weighted by molar-refractivity contribution is 7.79. The molecule has 1 saturated carbocycles. The third-order valence-electron chi connectivity index (χ3n) is 4.39. The molecule has 1 aromatic heterocycles. The lowest BCUT2D eigenvalue weighted by atomic mass is 10.4. The van der Waals surface area contributed by atoms with Gasteiger partial charge in [-0.1, -0.05) is 50.0 Å². The van der Waals surface area contributed by atoms with Crippen LogP contribution in [0.25, 0.3) is 0 Å². The van der Waals surface area contributed by atoms with E-state index in [4.69, 9.17) is 4.74 Å². The summed E-state index contributed by atoms with van der Waals surface area (Å²) in [6.45, 7) is 8.23. The van der Waals surface area contributed by atoms with E-state index in [1.807, 2.05) is 42.6 Å². The van der Waals surface area contributed by atoms with Crippen molar-refractivity contribution in [1.82, 2.24) is 9.78 Å². The Hall–Kier alpha value is -1.16. The van der Waals surface area contributed by atoms with Crippen LogP contribution in [-0.4, -0.2) is 30.1 Å². The topological polar surface area (TPSA) is 44.1 Å². The van der Waals surface area contributed by atoms with Gasteiger partial charge in [0.1, 0.15) is 12.2 Å². The van der Waals surface area contributed by atoms with Gasteiger partial charge in [-0.3, -0.25) is 0 Å². The smallest absolute Gasteiger partial charge is 0.165 e. The molecule has 1 aliphatic rings. The van der Waals surface area contributed by atoms with E-state index in [1.54, 1.807) is 4.68 Å². The van der Waals surface area contributed by atoms with Gasteiger partial charge in [-0.15, -0.1) is 0 Å². The first kappa shape index (κ1) is 17.7. The van der Waals surface area contributed by atoms with Crippen molar-refractivity contribution in [3.63, 3.8) is 0 Å². The van der Waals surface area contributed by atoms with Crippen molar-refractivity contribution in [1.29, 1.82) is 0 Å². The molecule has 0 bridgehead atoms. The first-order chi connectivity index (χ1) is 11.4. The van der Waals surface area contributed by atoms with E-state index in [1.165, 1.54) is 0 Å². The van der Waals surface area contributed by atoms with Crippen LogP contribution < -0.4 is 10.7 Å². The Balaban J connectivity index is 1.70. The number of rotatable bonds is 8. The third kappa shape index (κ3) is 4.08. The lowest BCUT2D eigenvalue weighted by Gasteiger charge is -2.16. The van der Waals surface area contributed by atoms with Crippen LogP contribution in [0, 0.1) is 0 Å². The molecule has 1 fully saturated rings. The van der Waals surface area contributed by atoms with Crippen LogP contribution in [-0.2, 0) is 16.0 Å². The van der Waals surface area contributed by atoms with Crippen LogP contribution in [0.5, 0.6) is 0 Å². The minimum absolute atomic E-state index is 0.260. The summed E-state index contributed by atoms with van der Waals surface area (Å²) >= 11 is 0. The molecule has 0 radical (unpaired) electrons. The zero-order valence-corrected chi connectivity index (χ0v) is 16.7. The van der Waals surface area contributed by atoms with Crippen molar-refractivity contribution in [2.75, 3.05) is 6.61 Å². The molecular weight excluding hydrogens is 335 g/mol. The van der Waals surface area contributed by atoms with Crippen molar-refractivity contribution in [2.45, 2.75) is 50.9 Å². The maximum atomic E-state index is 13.7. The fraction of sp³-hybridized carbons (Fsp3) is 0.500. The molecule has 0 saturated heterocycles. The predicted molar refractivity (Wildman–Crippen MR) is 103 cm³/mol. The van der Waals surface area contributed by atoms with Crippen LogP contribution in [0.2, 0.25) is 25.7 Å². The fourth-order valence-electron chi connectivity index (χ4n) is 2.75. The van der Waals surface area contributed by atoms with E-state index in [-0.39, 0.29) is 5.66 Å². The second kappa shape index (κ2) is 6.99. The Morgan fingerprint density at radius 3 is 2.54 bits per heavy atom. The number of aromatic nitrogens is 2. The normalized spacial score (nSPS) is 17.6. The number of benzene rings is 1. The van der Waals surface area contributed by atoms with Crippen LogP contribution in [0.15, 0.2) is 42.6 Å². The molecule has 2 aromatic rings. The Bertz CT molecular complexity index is 720. The summed E-state index contributed by atoms with van der Waals surface area (Å²) in [6, 6.07) is 12.9. The highest BCUT2D eigenvalue weighted by Crippen LogP contribution is 2.58. The van der Waals surface area contributed by atoms with Gasteiger partial charge in [0.15, 0.2) is 7.14 Å². The SMILES string of the molecule is C[Si](C)(C)CCOCn1ccc(P(=O)(c2ccccc2)C2CC2)n1. The van der Waals surface area contributed by atoms with Crippen molar-refractivity contribution >= 4 is 26.0 Å². The van der Waals surface area contributed by atoms with E-state index in [0.29, 0.717) is 6.73 Å². The molecule has 0 spiro atoms. The molecule has 1 aromatic carbocycles. The molecule has 0 N–H and O–H groups in total. The van der Waals surface area contributed by atoms with Gasteiger partial charge in [-0.25, -0.2) is 4.68 Å². The molecule has 4 nitrogen and oxygen atoms in total. The maximum absolute atomic E-state index is 13.7. The van der Waals surface area contributed by atoms with Crippen LogP contribution in [0.3, 0.4) is 0 Å². The Labute approximate surface area is 145 Å². The standard InChI is InChI=1S/C18H27N2O2PSi/c1-24(2,3)14-13-22-15-20-12-11-18(19-20)23(21,17-9-10-17)16-7-5-4-6-8-16/h4-8,11-12,17H,9-10,13-15H2,1-3H3. The molecular formula is C18H27N2O2PSi. The Kier molecular flexibility index (Phi) is 5.14. The number of ether oxygens (including phenoxy) is 1. The van der Waals surface area contributed by atoms with Crippen molar-refractivity contribution in [2.24, 2.45) is 0 Å². The van der Waals surface area contributed by atoms with E-state index in [0.717, 1.165) is 36.2 Å². The van der Waals surface area contributed by atoms with Crippen LogP contribution in [0.4, 0.5) is 0 Å². The number of nitrogens with zero attached hydrogens (tertiary/aromatic N) is 2. The Morgan fingerprint density at radius 1 is 1.21 bits per heavy atom. The molecule has 130 valence electrons. The third-order valence-corrected chi connectivity index (χ3v) is 9.62. The number of hydrogen-bond acceptors (Lipinski definition) is 3. The second-order valence-corrected chi connectivity index (χ2v) is 16.4. The van der Waals surface area contributed by atoms with Crippen molar-refractivity contribution < 1.29 is 9.30 Å². The maximum Gasteiger partial charge on any atom is 0.165 e. The van der Waals surface area contributed by atoms with Crippen molar-refractivity contribution in [3.05, 3.63) is 42.6 Å². The molecule has 0 aliphatic heterocycles. The van der Waals surface area contributed by atoms with Gasteiger partial charge < -0.3 is 9.30 Å². The van der Waals surface area contributed by atoms with Gasteiger partial charge in [0, 0.05) is 31.8 Å². The van der Waals surface area contributed by atoms with Gasteiger partial charge in [0.25, 0.3) is 0 Å². The van der Waals surface area contributed by atoms with Gasteiger partial charge in [0.05, 0.1) is 0 Å². The zero-order chi connectivity index (χ0) is 17.2. The summed E-state index contributed by atoms with van der Waals surface area (Å²) in [5, 5.41) is 5.52. The summed E-state index contributed by atoms with van der Waals surface area (Å²) in [5.41, 5.74) is 0.987. The molecule has 1 heterocycles. The van der Waals surface area contributed by atoms with E-state index in [9.17, 15) is 4.57 Å². The van der Waals surface area contributed by atoms with Gasteiger partial charge >= 0.3 is 0 Å². The molecule has 3 rings (SSSR count). The molecule has 1 atom stereocenters. The summed E-state index contributed by atoms with van der Waals surface area (Å²) in [4.78, 5) is 0. The van der Waals surface area contributed by atoms with Gasteiger partial charge in [-0.2, -0.15) is 5.10 Å². The van der Waals surface area contributed by atoms with E-state index >= 15 is 0 Å². The molecule has 6 heteroatoms. The second-order valence-electron chi connectivity index (χ2n) is 7.79. The van der Waals surface area contributed by atoms with Gasteiger partial charge in [-0.05, 0) is 25.0 Å². The summed E-state index contributed by atoms with van der Waals surface area (Å²) in [5.74, 6) is 0. The van der Waals surface area contributed by atoms with E-state index in [2.05, 4.69) is 24.7 Å². The lowest BCUT2D eigenvalue weighted by molar-refractivity contribution is 0.0789. The average Bonchev–Trinajstić information content (AvgIpc) is 3.30. The van der Waals surface area contributed by atoms with E-state index < -0.39 is 15.2 Å². The first-order valence-electron chi connectivity index (χ1n) is 8.67. The van der Waals surface area contributed by atoms with Crippen molar-refractivity contribution in [3.8, 4) is 0 Å². The highest BCUT2D eigenvalue weighted by Gasteiger charge is 2.45. The lowest BCUT2D eigenvalue weighted by Crippen LogP contribution is -2.23. The van der Waals surface area contributed by atoms with Gasteiger partial charge in [0.2, 0.25) is 0 Å². The number of hydrogen-bond donors (Lipinski definition) is 0. The predicted octanol–water partition coefficient (Wildman–Crippen LogP) is 3.67. The molecule has 24 heavy (non-hydrogen) atoms. The minimum Gasteiger partial charge on any atom is -0.360 e. The first-order valence-corrected chi connectivity index (χ1v) is 14.1. The monoisotopic (exact) mass is 362 g/mol. The Morgan fingerprint density at radius 2 is 1.92 bits per heavy atom. The highest BCUT2D eigenvalue weighted by atomic mass is 31.2. The fourth-order valence-corrected chi connectivity index (χ4v) is 6.60. The quantitative estimate of drug-likeness (QED) is 0.409. The summed E-state index contributed by atoms with van der Waals surface area (Å²) in [7, 11) is -3.68. The largest absolute Gasteiger partial charge is 0.360 e. The van der Waals surface area contributed by atoms with Crippen LogP contribution >= 0.6 is 7.14 Å². The summed E-state index contributed by atoms with van der Waals surface area (Å²) < 4.78 is 21.3. The average molecular weight is 362 g/mol. The summed E-state index contributed by atoms with van der Waals surface area (Å²) in [6.07, 6.45) is 3.96. The molecule has 0 amide bonds. The molecule has 1 aliphatic carbocycles. The zero-order valence-electron chi connectivity index (χ0n) is 14.8. The minimum atomic E-state index is -2.61.